The van der Waals surface area contributed by atoms with Crippen molar-refractivity contribution in [1.82, 2.24) is 0 Å². The molecule has 0 nitrogen and oxygen atoms in total. The molecule has 0 spiro atoms. The van der Waals surface area contributed by atoms with Crippen LogP contribution >= 0.6 is 34.8 Å². The molecule has 0 saturated carbocycles. The highest BCUT2D eigenvalue weighted by molar-refractivity contribution is 6.31. The molecular weight excluding hydrogens is 337 g/mol. The van der Waals surface area contributed by atoms with E-state index in [0.29, 0.717) is 17.5 Å². The average Bonchev–Trinajstić information content (AvgIpc) is 2.49. The van der Waals surface area contributed by atoms with Gasteiger partial charge in [-0.1, -0.05) is 35.9 Å². The van der Waals surface area contributed by atoms with Crippen molar-refractivity contribution in [3.8, 4) is 0 Å². The lowest BCUT2D eigenvalue weighted by Crippen LogP contribution is -2.33. The van der Waals surface area contributed by atoms with E-state index in [0.717, 1.165) is 0 Å². The molecule has 0 aliphatic carbocycles. The minimum absolute atomic E-state index is 0.0495. The van der Waals surface area contributed by atoms with E-state index in [4.69, 9.17) is 34.8 Å². The second-order valence-corrected chi connectivity index (χ2v) is 5.86. The molecule has 0 amide bonds. The second-order valence-electron chi connectivity index (χ2n) is 4.95. The first-order valence-corrected chi connectivity index (χ1v) is 7.78. The van der Waals surface area contributed by atoms with Crippen LogP contribution in [0.15, 0.2) is 42.5 Å². The van der Waals surface area contributed by atoms with E-state index >= 15 is 0 Å². The molecule has 0 aliphatic heterocycles. The predicted octanol–water partition coefficient (Wildman–Crippen LogP) is 5.58. The molecule has 21 heavy (non-hydrogen) atoms. The summed E-state index contributed by atoms with van der Waals surface area (Å²) in [5.74, 6) is -0.511. The van der Waals surface area contributed by atoms with Crippen LogP contribution in [-0.4, -0.2) is 11.8 Å². The van der Waals surface area contributed by atoms with Gasteiger partial charge in [-0.2, -0.15) is 0 Å². The number of benzene rings is 2. The standard InChI is InChI=1S/C16H13Cl3F2/c17-9-16(10-18,12-4-2-5-13(20)7-12)8-11-3-1-6-14(21)15(11)19/h1-7H,8-10H2. The molecule has 0 saturated heterocycles. The zero-order valence-corrected chi connectivity index (χ0v) is 13.3. The third-order valence-electron chi connectivity index (χ3n) is 3.51. The fourth-order valence-electron chi connectivity index (χ4n) is 2.25. The van der Waals surface area contributed by atoms with E-state index in [9.17, 15) is 8.78 Å². The maximum atomic E-state index is 13.6. The van der Waals surface area contributed by atoms with Gasteiger partial charge in [-0.25, -0.2) is 8.78 Å². The molecule has 5 heteroatoms. The van der Waals surface area contributed by atoms with E-state index in [1.165, 1.54) is 18.2 Å². The summed E-state index contributed by atoms with van der Waals surface area (Å²) in [5.41, 5.74) is 0.567. The molecule has 0 heterocycles. The Kier molecular flexibility index (Phi) is 5.48. The molecule has 0 unspecified atom stereocenters. The van der Waals surface area contributed by atoms with E-state index < -0.39 is 11.2 Å². The molecule has 2 aromatic carbocycles. The molecule has 112 valence electrons. The van der Waals surface area contributed by atoms with E-state index in [-0.39, 0.29) is 22.6 Å². The van der Waals surface area contributed by atoms with E-state index in [1.54, 1.807) is 24.3 Å². The number of alkyl halides is 2. The molecule has 2 aromatic rings. The third kappa shape index (κ3) is 3.50. The van der Waals surface area contributed by atoms with Crippen LogP contribution in [0.3, 0.4) is 0 Å². The summed E-state index contributed by atoms with van der Waals surface area (Å²) in [4.78, 5) is 0. The molecule has 0 aromatic heterocycles. The quantitative estimate of drug-likeness (QED) is 0.618. The highest BCUT2D eigenvalue weighted by Gasteiger charge is 2.32. The first-order valence-electron chi connectivity index (χ1n) is 6.33. The summed E-state index contributed by atoms with van der Waals surface area (Å²) in [5, 5.41) is 0.0495. The van der Waals surface area contributed by atoms with Gasteiger partial charge in [0, 0.05) is 17.2 Å². The first kappa shape index (κ1) is 16.5. The summed E-state index contributed by atoms with van der Waals surface area (Å²) < 4.78 is 27.1. The fourth-order valence-corrected chi connectivity index (χ4v) is 3.23. The van der Waals surface area contributed by atoms with Crippen molar-refractivity contribution in [2.45, 2.75) is 11.8 Å². The largest absolute Gasteiger partial charge is 0.207 e. The second kappa shape index (κ2) is 6.95. The van der Waals surface area contributed by atoms with E-state index in [1.807, 2.05) is 0 Å². The Hall–Kier alpha value is -0.830. The number of hydrogen-bond donors (Lipinski definition) is 0. The Morgan fingerprint density at radius 1 is 0.952 bits per heavy atom. The van der Waals surface area contributed by atoms with Crippen LogP contribution in [0.1, 0.15) is 11.1 Å². The monoisotopic (exact) mass is 348 g/mol. The van der Waals surface area contributed by atoms with Crippen molar-refractivity contribution in [3.05, 3.63) is 70.2 Å². The summed E-state index contributed by atoms with van der Waals surface area (Å²) in [6, 6.07) is 10.7. The van der Waals surface area contributed by atoms with Crippen molar-refractivity contribution < 1.29 is 8.78 Å². The van der Waals surface area contributed by atoms with Gasteiger partial charge in [0.25, 0.3) is 0 Å². The number of halogens is 5. The Bertz CT molecular complexity index is 625. The third-order valence-corrected chi connectivity index (χ3v) is 4.96. The first-order chi connectivity index (χ1) is 10.0. The molecule has 0 atom stereocenters. The van der Waals surface area contributed by atoms with Gasteiger partial charge >= 0.3 is 0 Å². The van der Waals surface area contributed by atoms with Crippen molar-refractivity contribution >= 4 is 34.8 Å². The zero-order chi connectivity index (χ0) is 15.5. The number of rotatable bonds is 5. The lowest BCUT2D eigenvalue weighted by molar-refractivity contribution is 0.525. The van der Waals surface area contributed by atoms with Crippen LogP contribution < -0.4 is 0 Å². The molecule has 0 aliphatic rings. The zero-order valence-electron chi connectivity index (χ0n) is 11.1. The normalized spacial score (nSPS) is 11.7. The van der Waals surface area contributed by atoms with Crippen molar-refractivity contribution in [3.63, 3.8) is 0 Å². The number of hydrogen-bond acceptors (Lipinski definition) is 0. The van der Waals surface area contributed by atoms with Gasteiger partial charge < -0.3 is 0 Å². The maximum Gasteiger partial charge on any atom is 0.142 e. The molecule has 0 N–H and O–H groups in total. The van der Waals surface area contributed by atoms with Gasteiger partial charge in [-0.05, 0) is 35.7 Å². The molecule has 0 radical (unpaired) electrons. The van der Waals surface area contributed by atoms with Crippen LogP contribution in [0.25, 0.3) is 0 Å². The van der Waals surface area contributed by atoms with Gasteiger partial charge in [0.1, 0.15) is 11.6 Å². The van der Waals surface area contributed by atoms with Crippen LogP contribution in [0, 0.1) is 11.6 Å². The van der Waals surface area contributed by atoms with Gasteiger partial charge in [0.15, 0.2) is 0 Å². The molecule has 2 rings (SSSR count). The smallest absolute Gasteiger partial charge is 0.142 e. The minimum atomic E-state index is -0.706. The Labute approximate surface area is 137 Å². The lowest BCUT2D eigenvalue weighted by Gasteiger charge is -2.31. The minimum Gasteiger partial charge on any atom is -0.207 e. The van der Waals surface area contributed by atoms with Gasteiger partial charge in [0.05, 0.1) is 5.02 Å². The van der Waals surface area contributed by atoms with Crippen LogP contribution in [0.4, 0.5) is 8.78 Å². The molecule has 0 bridgehead atoms. The Morgan fingerprint density at radius 3 is 2.24 bits per heavy atom. The fraction of sp³-hybridized carbons (Fsp3) is 0.250. The topological polar surface area (TPSA) is 0 Å². The predicted molar refractivity (Wildman–Crippen MR) is 84.6 cm³/mol. The SMILES string of the molecule is Fc1cccc(C(CCl)(CCl)Cc2cccc(F)c2Cl)c1. The Balaban J connectivity index is 2.45. The van der Waals surface area contributed by atoms with Gasteiger partial charge in [-0.15, -0.1) is 23.2 Å². The summed E-state index contributed by atoms with van der Waals surface area (Å²) in [6.45, 7) is 0. The van der Waals surface area contributed by atoms with Gasteiger partial charge in [0.2, 0.25) is 0 Å². The average molecular weight is 350 g/mol. The van der Waals surface area contributed by atoms with Crippen LogP contribution in [-0.2, 0) is 11.8 Å². The summed E-state index contributed by atoms with van der Waals surface area (Å²) >= 11 is 18.2. The van der Waals surface area contributed by atoms with Crippen molar-refractivity contribution in [2.24, 2.45) is 0 Å². The van der Waals surface area contributed by atoms with Crippen LogP contribution in [0.5, 0.6) is 0 Å². The summed E-state index contributed by atoms with van der Waals surface area (Å²) in [6.07, 6.45) is 0.333. The van der Waals surface area contributed by atoms with E-state index in [2.05, 4.69) is 0 Å². The summed E-state index contributed by atoms with van der Waals surface area (Å²) in [7, 11) is 0. The highest BCUT2D eigenvalue weighted by atomic mass is 35.5. The maximum absolute atomic E-state index is 13.6. The lowest BCUT2D eigenvalue weighted by atomic mass is 9.78. The highest BCUT2D eigenvalue weighted by Crippen LogP contribution is 2.34. The molecule has 0 fully saturated rings. The molecular formula is C16H13Cl3F2. The van der Waals surface area contributed by atoms with Gasteiger partial charge in [-0.3, -0.25) is 0 Å². The van der Waals surface area contributed by atoms with Crippen molar-refractivity contribution in [1.29, 1.82) is 0 Å². The van der Waals surface area contributed by atoms with Crippen molar-refractivity contribution in [2.75, 3.05) is 11.8 Å². The Morgan fingerprint density at radius 2 is 1.62 bits per heavy atom. The van der Waals surface area contributed by atoms with Crippen LogP contribution in [0.2, 0.25) is 5.02 Å².